The predicted molar refractivity (Wildman–Crippen MR) is 80.8 cm³/mol. The predicted octanol–water partition coefficient (Wildman–Crippen LogP) is 1.47. The zero-order valence-corrected chi connectivity index (χ0v) is 12.8. The Morgan fingerprint density at radius 3 is 2.95 bits per heavy atom. The maximum atomic E-state index is 12.1. The van der Waals surface area contributed by atoms with Crippen molar-refractivity contribution < 1.29 is 8.42 Å². The van der Waals surface area contributed by atoms with E-state index in [2.05, 4.69) is 10.4 Å². The zero-order chi connectivity index (χ0) is 14.9. The fraction of sp³-hybridized carbons (Fsp3) is 0.400. The number of rotatable bonds is 4. The minimum Gasteiger partial charge on any atom is -0.310 e. The number of sulfone groups is 1. The van der Waals surface area contributed by atoms with Gasteiger partial charge in [0, 0.05) is 19.3 Å². The van der Waals surface area contributed by atoms with Crippen LogP contribution in [0.4, 0.5) is 0 Å². The average molecular weight is 305 g/mol. The smallest absolute Gasteiger partial charge is 0.178 e. The summed E-state index contributed by atoms with van der Waals surface area (Å²) >= 11 is 0. The number of aryl methyl sites for hydroxylation is 1. The maximum absolute atomic E-state index is 12.1. The number of hydrogen-bond acceptors (Lipinski definition) is 4. The van der Waals surface area contributed by atoms with E-state index >= 15 is 0 Å². The molecule has 1 aliphatic rings. The van der Waals surface area contributed by atoms with Crippen molar-refractivity contribution in [1.29, 1.82) is 0 Å². The van der Waals surface area contributed by atoms with Crippen LogP contribution in [0.3, 0.4) is 0 Å². The molecule has 0 bridgehead atoms. The number of fused-ring (bicyclic) bond motifs is 1. The van der Waals surface area contributed by atoms with Gasteiger partial charge in [0.2, 0.25) is 0 Å². The fourth-order valence-electron chi connectivity index (χ4n) is 2.79. The molecule has 0 spiro atoms. The van der Waals surface area contributed by atoms with E-state index in [1.54, 1.807) is 16.8 Å². The van der Waals surface area contributed by atoms with Crippen molar-refractivity contribution in [2.45, 2.75) is 23.8 Å². The summed E-state index contributed by atoms with van der Waals surface area (Å²) in [7, 11) is -1.20. The van der Waals surface area contributed by atoms with Gasteiger partial charge in [-0.15, -0.1) is 0 Å². The van der Waals surface area contributed by atoms with Gasteiger partial charge in [-0.05, 0) is 36.6 Å². The minimum atomic E-state index is -3.10. The molecule has 0 fully saturated rings. The van der Waals surface area contributed by atoms with Crippen molar-refractivity contribution in [1.82, 2.24) is 15.1 Å². The highest BCUT2D eigenvalue weighted by Crippen LogP contribution is 2.31. The Bertz CT molecular complexity index is 737. The molecule has 0 amide bonds. The van der Waals surface area contributed by atoms with E-state index in [0.29, 0.717) is 11.3 Å². The van der Waals surface area contributed by atoms with Crippen LogP contribution in [0.5, 0.6) is 0 Å². The standard InChI is InChI=1S/C15H19N3O2S/c1-18-11-12(10-17-18)6-8-16-14-7-9-21(19,20)15-5-3-2-4-13(14)15/h2-5,10-11,14,16H,6-9H2,1H3. The molecule has 1 atom stereocenters. The van der Waals surface area contributed by atoms with Crippen LogP contribution in [-0.2, 0) is 23.3 Å². The first-order valence-electron chi connectivity index (χ1n) is 7.09. The lowest BCUT2D eigenvalue weighted by Gasteiger charge is -2.26. The molecule has 6 heteroatoms. The number of hydrogen-bond donors (Lipinski definition) is 1. The average Bonchev–Trinajstić information content (AvgIpc) is 2.87. The quantitative estimate of drug-likeness (QED) is 0.929. The first kappa shape index (κ1) is 14.3. The van der Waals surface area contributed by atoms with Crippen molar-refractivity contribution >= 4 is 9.84 Å². The van der Waals surface area contributed by atoms with E-state index in [-0.39, 0.29) is 11.8 Å². The van der Waals surface area contributed by atoms with Gasteiger partial charge in [0.05, 0.1) is 16.8 Å². The maximum Gasteiger partial charge on any atom is 0.178 e. The molecule has 5 nitrogen and oxygen atoms in total. The Balaban J connectivity index is 1.69. The topological polar surface area (TPSA) is 64.0 Å². The first-order valence-corrected chi connectivity index (χ1v) is 8.74. The summed E-state index contributed by atoms with van der Waals surface area (Å²) in [5.41, 5.74) is 2.08. The summed E-state index contributed by atoms with van der Waals surface area (Å²) in [5, 5.41) is 7.62. The lowest BCUT2D eigenvalue weighted by atomic mass is 10.0. The summed E-state index contributed by atoms with van der Waals surface area (Å²) in [6.07, 6.45) is 5.38. The summed E-state index contributed by atoms with van der Waals surface area (Å²) in [4.78, 5) is 0.482. The molecule has 112 valence electrons. The van der Waals surface area contributed by atoms with Crippen molar-refractivity contribution in [3.05, 3.63) is 47.8 Å². The van der Waals surface area contributed by atoms with Crippen molar-refractivity contribution in [2.24, 2.45) is 7.05 Å². The summed E-state index contributed by atoms with van der Waals surface area (Å²) in [5.74, 6) is 0.217. The monoisotopic (exact) mass is 305 g/mol. The highest BCUT2D eigenvalue weighted by atomic mass is 32.2. The molecule has 21 heavy (non-hydrogen) atoms. The lowest BCUT2D eigenvalue weighted by molar-refractivity contribution is 0.495. The second-order valence-corrected chi connectivity index (χ2v) is 7.50. The molecule has 2 aromatic rings. The van der Waals surface area contributed by atoms with Crippen LogP contribution in [0, 0.1) is 0 Å². The van der Waals surface area contributed by atoms with Gasteiger partial charge in [-0.1, -0.05) is 18.2 Å². The third kappa shape index (κ3) is 3.01. The summed E-state index contributed by atoms with van der Waals surface area (Å²) in [6, 6.07) is 7.42. The highest BCUT2D eigenvalue weighted by molar-refractivity contribution is 7.91. The Hall–Kier alpha value is -1.66. The number of aromatic nitrogens is 2. The van der Waals surface area contributed by atoms with Crippen molar-refractivity contribution in [3.8, 4) is 0 Å². The Morgan fingerprint density at radius 1 is 1.38 bits per heavy atom. The van der Waals surface area contributed by atoms with E-state index in [1.807, 2.05) is 31.6 Å². The number of benzene rings is 1. The van der Waals surface area contributed by atoms with Crippen LogP contribution in [-0.4, -0.2) is 30.5 Å². The van der Waals surface area contributed by atoms with Crippen molar-refractivity contribution in [3.63, 3.8) is 0 Å². The normalized spacial score (nSPS) is 20.1. The number of nitrogens with one attached hydrogen (secondary N) is 1. The van der Waals surface area contributed by atoms with Crippen LogP contribution in [0.2, 0.25) is 0 Å². The van der Waals surface area contributed by atoms with Crippen molar-refractivity contribution in [2.75, 3.05) is 12.3 Å². The van der Waals surface area contributed by atoms with Crippen LogP contribution in [0.1, 0.15) is 23.6 Å². The molecule has 1 aromatic heterocycles. The number of nitrogens with zero attached hydrogens (tertiary/aromatic N) is 2. The molecular weight excluding hydrogens is 286 g/mol. The molecular formula is C15H19N3O2S. The fourth-order valence-corrected chi connectivity index (χ4v) is 4.42. The third-order valence-corrected chi connectivity index (χ3v) is 5.68. The lowest BCUT2D eigenvalue weighted by Crippen LogP contribution is -2.30. The van der Waals surface area contributed by atoms with Gasteiger partial charge in [-0.3, -0.25) is 4.68 Å². The minimum absolute atomic E-state index is 0.112. The molecule has 1 aliphatic heterocycles. The summed E-state index contributed by atoms with van der Waals surface area (Å²) in [6.45, 7) is 0.810. The molecule has 3 rings (SSSR count). The highest BCUT2D eigenvalue weighted by Gasteiger charge is 2.29. The van der Waals surface area contributed by atoms with Gasteiger partial charge >= 0.3 is 0 Å². The van der Waals surface area contributed by atoms with Crippen LogP contribution in [0.25, 0.3) is 0 Å². The van der Waals surface area contributed by atoms with E-state index < -0.39 is 9.84 Å². The van der Waals surface area contributed by atoms with Crippen LogP contribution < -0.4 is 5.32 Å². The molecule has 1 unspecified atom stereocenters. The van der Waals surface area contributed by atoms with E-state index in [4.69, 9.17) is 0 Å². The zero-order valence-electron chi connectivity index (χ0n) is 12.0. The van der Waals surface area contributed by atoms with Crippen LogP contribution >= 0.6 is 0 Å². The van der Waals surface area contributed by atoms with Gasteiger partial charge in [-0.2, -0.15) is 5.10 Å². The molecule has 1 aromatic carbocycles. The largest absolute Gasteiger partial charge is 0.310 e. The molecule has 2 heterocycles. The van der Waals surface area contributed by atoms with Gasteiger partial charge in [0.25, 0.3) is 0 Å². The first-order chi connectivity index (χ1) is 10.1. The molecule has 0 saturated heterocycles. The second-order valence-electron chi connectivity index (χ2n) is 5.42. The second kappa shape index (κ2) is 5.61. The molecule has 0 radical (unpaired) electrons. The Kier molecular flexibility index (Phi) is 3.82. The molecule has 0 saturated carbocycles. The van der Waals surface area contributed by atoms with Gasteiger partial charge in [0.15, 0.2) is 9.84 Å². The SMILES string of the molecule is Cn1cc(CCNC2CCS(=O)(=O)c3ccccc32)cn1. The van der Waals surface area contributed by atoms with E-state index in [9.17, 15) is 8.42 Å². The Morgan fingerprint density at radius 2 is 2.19 bits per heavy atom. The van der Waals surface area contributed by atoms with Gasteiger partial charge < -0.3 is 5.32 Å². The van der Waals surface area contributed by atoms with E-state index in [1.165, 1.54) is 5.56 Å². The van der Waals surface area contributed by atoms with E-state index in [0.717, 1.165) is 18.5 Å². The summed E-state index contributed by atoms with van der Waals surface area (Å²) < 4.78 is 25.9. The molecule has 0 aliphatic carbocycles. The molecule has 1 N–H and O–H groups in total. The Labute approximate surface area is 124 Å². The third-order valence-electron chi connectivity index (χ3n) is 3.87. The van der Waals surface area contributed by atoms with Gasteiger partial charge in [0.1, 0.15) is 0 Å². The van der Waals surface area contributed by atoms with Crippen LogP contribution in [0.15, 0.2) is 41.6 Å². The van der Waals surface area contributed by atoms with Gasteiger partial charge in [-0.25, -0.2) is 8.42 Å².